The maximum Gasteiger partial charge on any atom is 0.321 e. The normalized spacial score (nSPS) is 31.9. The van der Waals surface area contributed by atoms with Gasteiger partial charge >= 0.3 is 11.9 Å². The minimum atomic E-state index is -1.25. The van der Waals surface area contributed by atoms with Crippen molar-refractivity contribution in [2.24, 2.45) is 11.8 Å². The molecule has 0 amide bonds. The zero-order chi connectivity index (χ0) is 19.6. The van der Waals surface area contributed by atoms with Crippen LogP contribution in [0.3, 0.4) is 0 Å². The summed E-state index contributed by atoms with van der Waals surface area (Å²) in [6.45, 7) is 0. The summed E-state index contributed by atoms with van der Waals surface area (Å²) < 4.78 is 5.18. The van der Waals surface area contributed by atoms with E-state index in [1.54, 1.807) is 0 Å². The van der Waals surface area contributed by atoms with Gasteiger partial charge in [0, 0.05) is 0 Å². The van der Waals surface area contributed by atoms with E-state index in [1.165, 1.54) is 0 Å². The highest BCUT2D eigenvalue weighted by Crippen LogP contribution is 2.65. The average Bonchev–Trinajstić information content (AvgIpc) is 3.11. The lowest BCUT2D eigenvalue weighted by Gasteiger charge is -2.56. The lowest BCUT2D eigenvalue weighted by molar-refractivity contribution is -0.462. The summed E-state index contributed by atoms with van der Waals surface area (Å²) in [6.07, 6.45) is 0. The number of fused-ring (bicyclic) bond motifs is 1. The zero-order valence-corrected chi connectivity index (χ0v) is 15.3. The summed E-state index contributed by atoms with van der Waals surface area (Å²) >= 11 is 0. The highest BCUT2D eigenvalue weighted by Gasteiger charge is 2.75. The Morgan fingerprint density at radius 3 is 1.34 bits per heavy atom. The fraction of sp³-hybridized carbons (Fsp3) is 0.167. The van der Waals surface area contributed by atoms with Crippen molar-refractivity contribution in [1.82, 2.24) is 0 Å². The van der Waals surface area contributed by atoms with Gasteiger partial charge in [0.05, 0.1) is 0 Å². The molecule has 0 radical (unpaired) electrons. The third-order valence-corrected chi connectivity index (χ3v) is 6.36. The molecule has 7 rings (SSSR count). The molecule has 3 heterocycles. The van der Waals surface area contributed by atoms with Crippen LogP contribution in [-0.4, -0.2) is 11.9 Å². The number of ether oxygens (including phenoxy) is 1. The Bertz CT molecular complexity index is 1050. The molecule has 4 atom stereocenters. The minimum absolute atomic E-state index is 0.582. The second kappa shape index (κ2) is 5.63. The Hall–Kier alpha value is -3.28. The van der Waals surface area contributed by atoms with Crippen LogP contribution in [-0.2, 0) is 35.3 Å². The fourth-order valence-electron chi connectivity index (χ4n) is 5.23. The van der Waals surface area contributed by atoms with Gasteiger partial charge in [0.25, 0.3) is 0 Å². The number of benzene rings is 3. The smallest absolute Gasteiger partial charge is 0.321 e. The number of esters is 2. The van der Waals surface area contributed by atoms with Gasteiger partial charge in [-0.05, 0) is 22.3 Å². The number of hydrogen-bond donors (Lipinski definition) is 0. The molecule has 3 aromatic rings. The van der Waals surface area contributed by atoms with Gasteiger partial charge in [-0.1, -0.05) is 84.9 Å². The van der Waals surface area contributed by atoms with E-state index < -0.39 is 35.0 Å². The van der Waals surface area contributed by atoms with Gasteiger partial charge in [-0.15, -0.1) is 0 Å². The molecule has 1 aliphatic carbocycles. The predicted molar refractivity (Wildman–Crippen MR) is 101 cm³/mol. The molecule has 0 N–H and O–H groups in total. The summed E-state index contributed by atoms with van der Waals surface area (Å²) in [5.74, 6) is -2.86. The van der Waals surface area contributed by atoms with Crippen LogP contribution in [0.4, 0.5) is 0 Å². The molecule has 3 aromatic carbocycles. The van der Waals surface area contributed by atoms with E-state index in [1.807, 2.05) is 84.9 Å². The van der Waals surface area contributed by atoms with Crippen molar-refractivity contribution in [3.05, 3.63) is 107 Å². The van der Waals surface area contributed by atoms with Crippen LogP contribution in [0.15, 0.2) is 84.9 Å². The second-order valence-electron chi connectivity index (χ2n) is 7.61. The monoisotopic (exact) mass is 384 g/mol. The standard InChI is InChI=1S/C24H16O5/c25-21-19-20(22(26)27-21)24(16-11-5-2-6-12-16)18-14-8-7-13-17(18)23(19,28-29-24)15-9-3-1-4-10-15/h1-14,19-20H. The predicted octanol–water partition coefficient (Wildman–Crippen LogP) is 3.47. The second-order valence-corrected chi connectivity index (χ2v) is 7.61. The van der Waals surface area contributed by atoms with E-state index in [0.29, 0.717) is 0 Å². The molecule has 2 saturated heterocycles. The first kappa shape index (κ1) is 16.7. The molecule has 4 unspecified atom stereocenters. The van der Waals surface area contributed by atoms with Crippen LogP contribution in [0.2, 0.25) is 0 Å². The van der Waals surface area contributed by atoms with Gasteiger partial charge in [0.2, 0.25) is 0 Å². The lowest BCUT2D eigenvalue weighted by Crippen LogP contribution is -2.63. The molecule has 0 aromatic heterocycles. The highest BCUT2D eigenvalue weighted by atomic mass is 17.2. The molecule has 0 spiro atoms. The number of rotatable bonds is 2. The van der Waals surface area contributed by atoms with Crippen LogP contribution in [0.5, 0.6) is 0 Å². The third kappa shape index (κ3) is 1.86. The van der Waals surface area contributed by atoms with E-state index >= 15 is 0 Å². The molecular weight excluding hydrogens is 368 g/mol. The van der Waals surface area contributed by atoms with Crippen LogP contribution < -0.4 is 0 Å². The Morgan fingerprint density at radius 1 is 0.552 bits per heavy atom. The van der Waals surface area contributed by atoms with E-state index in [0.717, 1.165) is 22.3 Å². The Kier molecular flexibility index (Phi) is 3.23. The van der Waals surface area contributed by atoms with Crippen molar-refractivity contribution in [2.75, 3.05) is 0 Å². The maximum atomic E-state index is 13.0. The van der Waals surface area contributed by atoms with Crippen molar-refractivity contribution < 1.29 is 24.1 Å². The van der Waals surface area contributed by atoms with Crippen LogP contribution in [0.25, 0.3) is 0 Å². The SMILES string of the molecule is O=C1OC(=O)C2C1C1(c3ccccc3)OOC2(c2ccccc2)c2ccccc21. The Morgan fingerprint density at radius 2 is 0.931 bits per heavy atom. The molecule has 2 bridgehead atoms. The maximum absolute atomic E-state index is 13.0. The summed E-state index contributed by atoms with van der Waals surface area (Å²) in [4.78, 5) is 38.2. The van der Waals surface area contributed by atoms with Crippen LogP contribution in [0, 0.1) is 11.8 Å². The van der Waals surface area contributed by atoms with Crippen molar-refractivity contribution in [2.45, 2.75) is 11.2 Å². The Balaban J connectivity index is 1.74. The van der Waals surface area contributed by atoms with Crippen LogP contribution >= 0.6 is 0 Å². The van der Waals surface area contributed by atoms with E-state index in [2.05, 4.69) is 0 Å². The molecule has 0 saturated carbocycles. The van der Waals surface area contributed by atoms with Gasteiger partial charge in [-0.3, -0.25) is 9.59 Å². The van der Waals surface area contributed by atoms with Crippen molar-refractivity contribution in [3.8, 4) is 0 Å². The summed E-state index contributed by atoms with van der Waals surface area (Å²) in [7, 11) is 0. The van der Waals surface area contributed by atoms with Crippen LogP contribution in [0.1, 0.15) is 22.3 Å². The van der Waals surface area contributed by atoms with E-state index in [-0.39, 0.29) is 0 Å². The van der Waals surface area contributed by atoms with Gasteiger partial charge < -0.3 is 4.74 Å². The Labute approximate surface area is 166 Å². The quantitative estimate of drug-likeness (QED) is 0.385. The molecule has 4 aliphatic rings. The lowest BCUT2D eigenvalue weighted by atomic mass is 9.56. The van der Waals surface area contributed by atoms with Crippen molar-refractivity contribution >= 4 is 11.9 Å². The average molecular weight is 384 g/mol. The first-order chi connectivity index (χ1) is 14.2. The number of hydrogen-bond acceptors (Lipinski definition) is 5. The van der Waals surface area contributed by atoms with Gasteiger partial charge in [-0.2, -0.15) is 0 Å². The van der Waals surface area contributed by atoms with Gasteiger partial charge in [0.15, 0.2) is 11.2 Å². The number of carbonyl (C=O) groups excluding carboxylic acids is 2. The first-order valence-corrected chi connectivity index (χ1v) is 9.53. The summed E-state index contributed by atoms with van der Waals surface area (Å²) in [5.41, 5.74) is 0.624. The fourth-order valence-corrected chi connectivity index (χ4v) is 5.23. The minimum Gasteiger partial charge on any atom is -0.392 e. The molecule has 5 nitrogen and oxygen atoms in total. The van der Waals surface area contributed by atoms with E-state index in [4.69, 9.17) is 14.5 Å². The highest BCUT2D eigenvalue weighted by molar-refractivity contribution is 6.00. The third-order valence-electron chi connectivity index (χ3n) is 6.36. The largest absolute Gasteiger partial charge is 0.392 e. The van der Waals surface area contributed by atoms with Crippen molar-refractivity contribution in [3.63, 3.8) is 0 Å². The topological polar surface area (TPSA) is 61.8 Å². The molecule has 5 heteroatoms. The zero-order valence-electron chi connectivity index (χ0n) is 15.3. The summed E-state index contributed by atoms with van der Waals surface area (Å²) in [5, 5.41) is 0. The van der Waals surface area contributed by atoms with Gasteiger partial charge in [-0.25, -0.2) is 9.78 Å². The molecule has 2 fully saturated rings. The molecule has 3 aliphatic heterocycles. The number of carbonyl (C=O) groups is 2. The molecular formula is C24H16O5. The first-order valence-electron chi connectivity index (χ1n) is 9.53. The van der Waals surface area contributed by atoms with Gasteiger partial charge in [0.1, 0.15) is 11.8 Å². The summed E-state index contributed by atoms with van der Waals surface area (Å²) in [6, 6.07) is 26.5. The number of cyclic esters (lactones) is 2. The van der Waals surface area contributed by atoms with Crippen molar-refractivity contribution in [1.29, 1.82) is 0 Å². The molecule has 29 heavy (non-hydrogen) atoms. The van der Waals surface area contributed by atoms with E-state index in [9.17, 15) is 9.59 Å². The molecule has 142 valence electrons.